The van der Waals surface area contributed by atoms with Gasteiger partial charge in [0.2, 0.25) is 5.13 Å². The van der Waals surface area contributed by atoms with Crippen molar-refractivity contribution in [2.75, 3.05) is 11.9 Å². The Morgan fingerprint density at radius 2 is 2.06 bits per heavy atom. The number of nitrogens with zero attached hydrogens (tertiary/aromatic N) is 2. The lowest BCUT2D eigenvalue weighted by atomic mass is 10.3. The van der Waals surface area contributed by atoms with Crippen molar-refractivity contribution in [3.05, 3.63) is 35.1 Å². The zero-order valence-corrected chi connectivity index (χ0v) is 10.8. The molecule has 0 radical (unpaired) electrons. The monoisotopic (exact) mass is 267 g/mol. The molecule has 0 fully saturated rings. The van der Waals surface area contributed by atoms with E-state index in [0.717, 1.165) is 23.1 Å². The number of hydrogen-bond acceptors (Lipinski definition) is 5. The zero-order chi connectivity index (χ0) is 12.8. The Labute approximate surface area is 109 Å². The molecule has 0 unspecified atom stereocenters. The van der Waals surface area contributed by atoms with Crippen LogP contribution in [0.15, 0.2) is 24.3 Å². The molecular formula is C12H14FN3OS. The maximum atomic E-state index is 12.7. The highest BCUT2D eigenvalue weighted by Gasteiger charge is 2.04. The molecule has 2 aromatic rings. The van der Waals surface area contributed by atoms with Crippen LogP contribution in [0.4, 0.5) is 9.52 Å². The largest absolute Gasteiger partial charge is 0.486 e. The summed E-state index contributed by atoms with van der Waals surface area (Å²) in [6, 6.07) is 5.91. The molecule has 0 aliphatic rings. The molecular weight excluding hydrogens is 253 g/mol. The second-order valence-electron chi connectivity index (χ2n) is 3.67. The first-order valence-electron chi connectivity index (χ1n) is 5.72. The van der Waals surface area contributed by atoms with E-state index in [2.05, 4.69) is 22.4 Å². The number of halogens is 1. The number of aromatic nitrogens is 2. The number of rotatable bonds is 6. The van der Waals surface area contributed by atoms with Crippen molar-refractivity contribution < 1.29 is 9.13 Å². The molecule has 0 aliphatic carbocycles. The summed E-state index contributed by atoms with van der Waals surface area (Å²) in [5, 5.41) is 12.8. The molecule has 18 heavy (non-hydrogen) atoms. The van der Waals surface area contributed by atoms with E-state index in [1.54, 1.807) is 12.1 Å². The summed E-state index contributed by atoms with van der Waals surface area (Å²) in [6.45, 7) is 3.32. The van der Waals surface area contributed by atoms with Crippen LogP contribution in [0.3, 0.4) is 0 Å². The molecule has 0 saturated heterocycles. The molecule has 0 bridgehead atoms. The van der Waals surface area contributed by atoms with Crippen LogP contribution in [0.25, 0.3) is 0 Å². The van der Waals surface area contributed by atoms with E-state index in [9.17, 15) is 4.39 Å². The predicted molar refractivity (Wildman–Crippen MR) is 69.4 cm³/mol. The van der Waals surface area contributed by atoms with E-state index in [1.165, 1.54) is 23.5 Å². The van der Waals surface area contributed by atoms with Gasteiger partial charge in [0.15, 0.2) is 5.01 Å². The summed E-state index contributed by atoms with van der Waals surface area (Å²) in [7, 11) is 0. The average molecular weight is 267 g/mol. The molecule has 1 aromatic heterocycles. The van der Waals surface area contributed by atoms with Gasteiger partial charge in [0, 0.05) is 6.54 Å². The second kappa shape index (κ2) is 6.30. The van der Waals surface area contributed by atoms with Crippen LogP contribution < -0.4 is 10.1 Å². The first-order valence-corrected chi connectivity index (χ1v) is 6.54. The molecule has 1 heterocycles. The highest BCUT2D eigenvalue weighted by molar-refractivity contribution is 7.15. The molecule has 1 aromatic carbocycles. The van der Waals surface area contributed by atoms with Crippen molar-refractivity contribution in [2.45, 2.75) is 20.0 Å². The van der Waals surface area contributed by atoms with E-state index >= 15 is 0 Å². The van der Waals surface area contributed by atoms with Gasteiger partial charge in [0.1, 0.15) is 18.2 Å². The van der Waals surface area contributed by atoms with Crippen molar-refractivity contribution >= 4 is 16.5 Å². The van der Waals surface area contributed by atoms with Gasteiger partial charge in [-0.2, -0.15) is 0 Å². The molecule has 2 rings (SSSR count). The van der Waals surface area contributed by atoms with Crippen LogP contribution in [-0.4, -0.2) is 16.7 Å². The molecule has 0 saturated carbocycles. The van der Waals surface area contributed by atoms with Crippen LogP contribution in [-0.2, 0) is 6.61 Å². The van der Waals surface area contributed by atoms with Gasteiger partial charge in [0.25, 0.3) is 0 Å². The fraction of sp³-hybridized carbons (Fsp3) is 0.333. The van der Waals surface area contributed by atoms with Crippen LogP contribution in [0.2, 0.25) is 0 Å². The second-order valence-corrected chi connectivity index (χ2v) is 4.73. The Morgan fingerprint density at radius 3 is 2.78 bits per heavy atom. The summed E-state index contributed by atoms with van der Waals surface area (Å²) >= 11 is 1.46. The van der Waals surface area contributed by atoms with Crippen LogP contribution in [0.5, 0.6) is 5.75 Å². The summed E-state index contributed by atoms with van der Waals surface area (Å²) in [5.41, 5.74) is 0. The molecule has 0 aliphatic heterocycles. The number of ether oxygens (including phenoxy) is 1. The third-order valence-corrected chi connectivity index (χ3v) is 3.02. The van der Waals surface area contributed by atoms with E-state index in [4.69, 9.17) is 4.74 Å². The van der Waals surface area contributed by atoms with Gasteiger partial charge in [0.05, 0.1) is 0 Å². The van der Waals surface area contributed by atoms with Gasteiger partial charge in [-0.05, 0) is 30.7 Å². The number of anilines is 1. The summed E-state index contributed by atoms with van der Waals surface area (Å²) in [4.78, 5) is 0. The number of nitrogens with one attached hydrogen (secondary N) is 1. The zero-order valence-electron chi connectivity index (χ0n) is 10.0. The lowest BCUT2D eigenvalue weighted by Gasteiger charge is -2.02. The third-order valence-electron chi connectivity index (χ3n) is 2.17. The summed E-state index contributed by atoms with van der Waals surface area (Å²) in [5.74, 6) is 0.346. The molecule has 1 N–H and O–H groups in total. The molecule has 6 heteroatoms. The van der Waals surface area contributed by atoms with Gasteiger partial charge in [-0.3, -0.25) is 0 Å². The van der Waals surface area contributed by atoms with Crippen molar-refractivity contribution in [3.63, 3.8) is 0 Å². The smallest absolute Gasteiger partial charge is 0.205 e. The SMILES string of the molecule is CCCNc1nnc(COc2ccc(F)cc2)s1. The van der Waals surface area contributed by atoms with E-state index in [1.807, 2.05) is 0 Å². The standard InChI is InChI=1S/C12H14FN3OS/c1-2-7-14-12-16-15-11(18-12)8-17-10-5-3-9(13)4-6-10/h3-6H,2,7-8H2,1H3,(H,14,16). The fourth-order valence-electron chi connectivity index (χ4n) is 1.29. The minimum absolute atomic E-state index is 0.274. The van der Waals surface area contributed by atoms with Gasteiger partial charge in [-0.25, -0.2) is 4.39 Å². The Kier molecular flexibility index (Phi) is 4.46. The molecule has 4 nitrogen and oxygen atoms in total. The normalized spacial score (nSPS) is 10.3. The van der Waals surface area contributed by atoms with E-state index in [-0.39, 0.29) is 5.82 Å². The molecule has 0 amide bonds. The minimum atomic E-state index is -0.274. The van der Waals surface area contributed by atoms with Gasteiger partial charge < -0.3 is 10.1 Å². The molecule has 96 valence electrons. The lowest BCUT2D eigenvalue weighted by Crippen LogP contribution is -1.98. The van der Waals surface area contributed by atoms with Gasteiger partial charge in [-0.1, -0.05) is 18.3 Å². The Morgan fingerprint density at radius 1 is 1.28 bits per heavy atom. The molecule has 0 atom stereocenters. The van der Waals surface area contributed by atoms with Gasteiger partial charge >= 0.3 is 0 Å². The van der Waals surface area contributed by atoms with Gasteiger partial charge in [-0.15, -0.1) is 10.2 Å². The summed E-state index contributed by atoms with van der Waals surface area (Å²) < 4.78 is 18.2. The minimum Gasteiger partial charge on any atom is -0.486 e. The van der Waals surface area contributed by atoms with Crippen LogP contribution >= 0.6 is 11.3 Å². The van der Waals surface area contributed by atoms with Crippen LogP contribution in [0, 0.1) is 5.82 Å². The maximum absolute atomic E-state index is 12.7. The maximum Gasteiger partial charge on any atom is 0.205 e. The highest BCUT2D eigenvalue weighted by atomic mass is 32.1. The van der Waals surface area contributed by atoms with Crippen molar-refractivity contribution in [2.24, 2.45) is 0 Å². The predicted octanol–water partition coefficient (Wildman–Crippen LogP) is 3.08. The van der Waals surface area contributed by atoms with Crippen LogP contribution in [0.1, 0.15) is 18.4 Å². The topological polar surface area (TPSA) is 47.0 Å². The third kappa shape index (κ3) is 3.66. The Hall–Kier alpha value is -1.69. The first-order chi connectivity index (χ1) is 8.78. The quantitative estimate of drug-likeness (QED) is 0.873. The lowest BCUT2D eigenvalue weighted by molar-refractivity contribution is 0.304. The number of benzene rings is 1. The Bertz CT molecular complexity index is 486. The highest BCUT2D eigenvalue weighted by Crippen LogP contribution is 2.18. The van der Waals surface area contributed by atoms with E-state index in [0.29, 0.717) is 12.4 Å². The fourth-order valence-corrected chi connectivity index (χ4v) is 1.97. The summed E-state index contributed by atoms with van der Waals surface area (Å²) in [6.07, 6.45) is 1.04. The van der Waals surface area contributed by atoms with Crippen molar-refractivity contribution in [1.29, 1.82) is 0 Å². The van der Waals surface area contributed by atoms with E-state index < -0.39 is 0 Å². The van der Waals surface area contributed by atoms with Crippen molar-refractivity contribution in [1.82, 2.24) is 10.2 Å². The first kappa shape index (κ1) is 12.8. The Balaban J connectivity index is 1.86. The molecule has 0 spiro atoms. The number of hydrogen-bond donors (Lipinski definition) is 1. The van der Waals surface area contributed by atoms with Crippen molar-refractivity contribution in [3.8, 4) is 5.75 Å². The average Bonchev–Trinajstić information content (AvgIpc) is 2.84.